The van der Waals surface area contributed by atoms with Crippen molar-refractivity contribution in [1.29, 1.82) is 0 Å². The number of rotatable bonds is 2. The van der Waals surface area contributed by atoms with E-state index in [9.17, 15) is 4.79 Å². The summed E-state index contributed by atoms with van der Waals surface area (Å²) in [7, 11) is 0. The molecule has 1 N–H and O–H groups in total. The molecule has 3 heteroatoms. The van der Waals surface area contributed by atoms with Gasteiger partial charge in [-0.2, -0.15) is 0 Å². The first-order valence-electron chi connectivity index (χ1n) is 5.73. The van der Waals surface area contributed by atoms with Crippen molar-refractivity contribution in [2.75, 3.05) is 0 Å². The average Bonchev–Trinajstić information content (AvgIpc) is 3.13. The van der Waals surface area contributed by atoms with Gasteiger partial charge in [-0.25, -0.2) is 0 Å². The molecule has 1 amide bonds. The van der Waals surface area contributed by atoms with Gasteiger partial charge < -0.3 is 5.32 Å². The molecule has 2 aromatic rings. The van der Waals surface area contributed by atoms with Crippen molar-refractivity contribution in [3.05, 3.63) is 46.4 Å². The number of benzene rings is 2. The monoisotopic (exact) mass is 289 g/mol. The lowest BCUT2D eigenvalue weighted by atomic mass is 10.1. The summed E-state index contributed by atoms with van der Waals surface area (Å²) in [5.74, 6) is 0.0365. The minimum absolute atomic E-state index is 0.0365. The zero-order valence-electron chi connectivity index (χ0n) is 9.24. The minimum Gasteiger partial charge on any atom is -0.349 e. The first-order valence-corrected chi connectivity index (χ1v) is 6.52. The van der Waals surface area contributed by atoms with Crippen LogP contribution in [0.5, 0.6) is 0 Å². The van der Waals surface area contributed by atoms with Gasteiger partial charge >= 0.3 is 0 Å². The Hall–Kier alpha value is -1.35. The number of halogens is 1. The summed E-state index contributed by atoms with van der Waals surface area (Å²) in [6.45, 7) is 0. The van der Waals surface area contributed by atoms with E-state index in [1.807, 2.05) is 36.4 Å². The highest BCUT2D eigenvalue weighted by molar-refractivity contribution is 9.10. The predicted octanol–water partition coefficient (Wildman–Crippen LogP) is 3.49. The number of hydrogen-bond acceptors (Lipinski definition) is 1. The predicted molar refractivity (Wildman–Crippen MR) is 72.1 cm³/mol. The maximum Gasteiger partial charge on any atom is 0.251 e. The van der Waals surface area contributed by atoms with Crippen LogP contribution < -0.4 is 5.32 Å². The van der Waals surface area contributed by atoms with E-state index in [2.05, 4.69) is 21.2 Å². The van der Waals surface area contributed by atoms with E-state index < -0.39 is 0 Å². The van der Waals surface area contributed by atoms with Gasteiger partial charge in [-0.15, -0.1) is 0 Å². The second kappa shape index (κ2) is 4.15. The summed E-state index contributed by atoms with van der Waals surface area (Å²) in [5, 5.41) is 5.22. The largest absolute Gasteiger partial charge is 0.349 e. The molecule has 0 saturated heterocycles. The Labute approximate surface area is 108 Å². The molecule has 1 fully saturated rings. The molecule has 0 spiro atoms. The number of fused-ring (bicyclic) bond motifs is 1. The fourth-order valence-electron chi connectivity index (χ4n) is 1.88. The zero-order valence-corrected chi connectivity index (χ0v) is 10.8. The lowest BCUT2D eigenvalue weighted by molar-refractivity contribution is 0.0951. The van der Waals surface area contributed by atoms with Crippen LogP contribution in [0, 0.1) is 0 Å². The summed E-state index contributed by atoms with van der Waals surface area (Å²) in [4.78, 5) is 11.9. The highest BCUT2D eigenvalue weighted by atomic mass is 79.9. The van der Waals surface area contributed by atoms with E-state index >= 15 is 0 Å². The minimum atomic E-state index is 0.0365. The van der Waals surface area contributed by atoms with Crippen molar-refractivity contribution < 1.29 is 4.79 Å². The molecule has 0 unspecified atom stereocenters. The highest BCUT2D eigenvalue weighted by Gasteiger charge is 2.23. The van der Waals surface area contributed by atoms with Crippen molar-refractivity contribution in [2.24, 2.45) is 0 Å². The third kappa shape index (κ3) is 2.20. The number of amides is 1. The molecule has 0 bridgehead atoms. The van der Waals surface area contributed by atoms with Gasteiger partial charge in [-0.05, 0) is 41.8 Å². The van der Waals surface area contributed by atoms with Gasteiger partial charge in [-0.1, -0.05) is 34.1 Å². The summed E-state index contributed by atoms with van der Waals surface area (Å²) >= 11 is 3.51. The fourth-order valence-corrected chi connectivity index (χ4v) is 2.40. The van der Waals surface area contributed by atoms with Crippen LogP contribution in [0.4, 0.5) is 0 Å². The van der Waals surface area contributed by atoms with Crippen LogP contribution >= 0.6 is 15.9 Å². The normalized spacial score (nSPS) is 14.9. The van der Waals surface area contributed by atoms with Crippen LogP contribution in [0.1, 0.15) is 23.2 Å². The van der Waals surface area contributed by atoms with Crippen LogP contribution in [0.3, 0.4) is 0 Å². The Bertz CT molecular complexity index is 590. The first kappa shape index (κ1) is 10.8. The lowest BCUT2D eigenvalue weighted by Crippen LogP contribution is -2.25. The van der Waals surface area contributed by atoms with Crippen LogP contribution in [0.25, 0.3) is 10.8 Å². The van der Waals surface area contributed by atoms with Crippen molar-refractivity contribution in [3.63, 3.8) is 0 Å². The molecular weight excluding hydrogens is 278 g/mol. The van der Waals surface area contributed by atoms with E-state index in [-0.39, 0.29) is 5.91 Å². The molecule has 2 aromatic carbocycles. The summed E-state index contributed by atoms with van der Waals surface area (Å²) in [6.07, 6.45) is 2.23. The fraction of sp³-hybridized carbons (Fsp3) is 0.214. The molecule has 2 nitrogen and oxygen atoms in total. The Kier molecular flexibility index (Phi) is 2.63. The van der Waals surface area contributed by atoms with Crippen molar-refractivity contribution >= 4 is 32.6 Å². The van der Waals surface area contributed by atoms with Gasteiger partial charge in [0, 0.05) is 16.1 Å². The van der Waals surface area contributed by atoms with Gasteiger partial charge in [0.25, 0.3) is 5.91 Å². The Morgan fingerprint density at radius 2 is 2.06 bits per heavy atom. The Balaban J connectivity index is 1.98. The lowest BCUT2D eigenvalue weighted by Gasteiger charge is -2.05. The molecule has 0 aromatic heterocycles. The molecule has 17 heavy (non-hydrogen) atoms. The third-order valence-electron chi connectivity index (χ3n) is 3.00. The number of hydrogen-bond donors (Lipinski definition) is 1. The smallest absolute Gasteiger partial charge is 0.251 e. The van der Waals surface area contributed by atoms with Crippen molar-refractivity contribution in [3.8, 4) is 0 Å². The molecule has 1 saturated carbocycles. The maximum absolute atomic E-state index is 11.9. The van der Waals surface area contributed by atoms with Gasteiger partial charge in [0.15, 0.2) is 0 Å². The number of carbonyl (C=O) groups is 1. The van der Waals surface area contributed by atoms with Crippen molar-refractivity contribution in [1.82, 2.24) is 5.32 Å². The Morgan fingerprint density at radius 3 is 2.82 bits per heavy atom. The number of nitrogens with one attached hydrogen (secondary N) is 1. The van der Waals surface area contributed by atoms with E-state index in [1.165, 1.54) is 0 Å². The maximum atomic E-state index is 11.9. The van der Waals surface area contributed by atoms with Gasteiger partial charge in [0.1, 0.15) is 0 Å². The van der Waals surface area contributed by atoms with E-state index in [0.717, 1.165) is 33.7 Å². The number of carbonyl (C=O) groups excluding carboxylic acids is 1. The highest BCUT2D eigenvalue weighted by Crippen LogP contribution is 2.25. The van der Waals surface area contributed by atoms with E-state index in [1.54, 1.807) is 0 Å². The molecule has 0 heterocycles. The quantitative estimate of drug-likeness (QED) is 0.901. The molecule has 0 radical (unpaired) electrons. The van der Waals surface area contributed by atoms with Gasteiger partial charge in [-0.3, -0.25) is 4.79 Å². The Morgan fingerprint density at radius 1 is 1.24 bits per heavy atom. The van der Waals surface area contributed by atoms with Gasteiger partial charge in [0.2, 0.25) is 0 Å². The van der Waals surface area contributed by atoms with Crippen LogP contribution in [-0.2, 0) is 0 Å². The van der Waals surface area contributed by atoms with E-state index in [4.69, 9.17) is 0 Å². The van der Waals surface area contributed by atoms with Crippen LogP contribution in [-0.4, -0.2) is 11.9 Å². The second-order valence-electron chi connectivity index (χ2n) is 4.42. The summed E-state index contributed by atoms with van der Waals surface area (Å²) < 4.78 is 1.06. The molecule has 1 aliphatic rings. The van der Waals surface area contributed by atoms with Crippen molar-refractivity contribution in [2.45, 2.75) is 18.9 Å². The van der Waals surface area contributed by atoms with Gasteiger partial charge in [0.05, 0.1) is 0 Å². The molecule has 3 rings (SSSR count). The SMILES string of the molecule is O=C(NC1CC1)c1ccc2c(Br)cccc2c1. The third-order valence-corrected chi connectivity index (χ3v) is 3.69. The first-order chi connectivity index (χ1) is 8.24. The summed E-state index contributed by atoms with van der Waals surface area (Å²) in [5.41, 5.74) is 0.738. The van der Waals surface area contributed by atoms with E-state index in [0.29, 0.717) is 6.04 Å². The molecular formula is C14H12BrNO. The second-order valence-corrected chi connectivity index (χ2v) is 5.28. The molecule has 86 valence electrons. The standard InChI is InChI=1S/C14H12BrNO/c15-13-3-1-2-9-8-10(4-7-12(9)13)14(17)16-11-5-6-11/h1-4,7-8,11H,5-6H2,(H,16,17). The summed E-state index contributed by atoms with van der Waals surface area (Å²) in [6, 6.07) is 12.2. The van der Waals surface area contributed by atoms with Crippen LogP contribution in [0.15, 0.2) is 40.9 Å². The molecule has 1 aliphatic carbocycles. The van der Waals surface area contributed by atoms with Crippen LogP contribution in [0.2, 0.25) is 0 Å². The molecule has 0 aliphatic heterocycles. The average molecular weight is 290 g/mol. The topological polar surface area (TPSA) is 29.1 Å². The zero-order chi connectivity index (χ0) is 11.8. The molecule has 0 atom stereocenters.